The van der Waals surface area contributed by atoms with Gasteiger partial charge < -0.3 is 0 Å². The molecule has 0 saturated carbocycles. The Bertz CT molecular complexity index is 544. The molecule has 0 unspecified atom stereocenters. The van der Waals surface area contributed by atoms with Crippen molar-refractivity contribution in [1.82, 2.24) is 4.98 Å². The SMILES string of the molecule is Cc1cccc(Sc2cccnc2C#N)c1. The van der Waals surface area contributed by atoms with Crippen molar-refractivity contribution in [2.24, 2.45) is 0 Å². The van der Waals surface area contributed by atoms with Crippen LogP contribution in [-0.2, 0) is 0 Å². The quantitative estimate of drug-likeness (QED) is 0.787. The van der Waals surface area contributed by atoms with Gasteiger partial charge in [0.1, 0.15) is 6.07 Å². The molecule has 1 aromatic carbocycles. The molecule has 0 aliphatic heterocycles. The predicted molar refractivity (Wildman–Crippen MR) is 64.3 cm³/mol. The fourth-order valence-electron chi connectivity index (χ4n) is 1.36. The first kappa shape index (κ1) is 10.7. The minimum absolute atomic E-state index is 0.481. The first-order valence-corrected chi connectivity index (χ1v) is 5.71. The average molecular weight is 226 g/mol. The molecule has 1 aromatic heterocycles. The van der Waals surface area contributed by atoms with Crippen LogP contribution < -0.4 is 0 Å². The Labute approximate surface area is 99.0 Å². The molecule has 3 heteroatoms. The molecule has 0 spiro atoms. The molecule has 78 valence electrons. The summed E-state index contributed by atoms with van der Waals surface area (Å²) in [5.74, 6) is 0. The van der Waals surface area contributed by atoms with Crippen molar-refractivity contribution >= 4 is 11.8 Å². The van der Waals surface area contributed by atoms with Gasteiger partial charge in [0.25, 0.3) is 0 Å². The Balaban J connectivity index is 2.31. The molecule has 2 rings (SSSR count). The van der Waals surface area contributed by atoms with Crippen LogP contribution in [0.1, 0.15) is 11.3 Å². The Morgan fingerprint density at radius 3 is 2.88 bits per heavy atom. The highest BCUT2D eigenvalue weighted by Crippen LogP contribution is 2.29. The second-order valence-electron chi connectivity index (χ2n) is 3.38. The lowest BCUT2D eigenvalue weighted by molar-refractivity contribution is 1.17. The number of hydrogen-bond acceptors (Lipinski definition) is 3. The van der Waals surface area contributed by atoms with Crippen LogP contribution in [0.15, 0.2) is 52.4 Å². The van der Waals surface area contributed by atoms with E-state index in [4.69, 9.17) is 5.26 Å². The number of hydrogen-bond donors (Lipinski definition) is 0. The molecule has 0 fully saturated rings. The van der Waals surface area contributed by atoms with Crippen LogP contribution in [0.4, 0.5) is 0 Å². The number of pyridine rings is 1. The maximum atomic E-state index is 8.93. The molecular formula is C13H10N2S. The Hall–Kier alpha value is -1.79. The Morgan fingerprint density at radius 2 is 2.12 bits per heavy atom. The van der Waals surface area contributed by atoms with Crippen molar-refractivity contribution in [3.63, 3.8) is 0 Å². The van der Waals surface area contributed by atoms with Gasteiger partial charge in [0, 0.05) is 16.0 Å². The lowest BCUT2D eigenvalue weighted by Gasteiger charge is -2.03. The van der Waals surface area contributed by atoms with Gasteiger partial charge in [-0.15, -0.1) is 0 Å². The van der Waals surface area contributed by atoms with Gasteiger partial charge >= 0.3 is 0 Å². The van der Waals surface area contributed by atoms with E-state index < -0.39 is 0 Å². The maximum absolute atomic E-state index is 8.93. The zero-order valence-corrected chi connectivity index (χ0v) is 9.66. The highest BCUT2D eigenvalue weighted by molar-refractivity contribution is 7.99. The summed E-state index contributed by atoms with van der Waals surface area (Å²) in [5, 5.41) is 8.93. The number of aryl methyl sites for hydroxylation is 1. The molecular weight excluding hydrogens is 216 g/mol. The largest absolute Gasteiger partial charge is 0.244 e. The van der Waals surface area contributed by atoms with Gasteiger partial charge in [-0.05, 0) is 31.2 Å². The van der Waals surface area contributed by atoms with E-state index in [1.54, 1.807) is 18.0 Å². The predicted octanol–water partition coefficient (Wildman–Crippen LogP) is 3.41. The summed E-state index contributed by atoms with van der Waals surface area (Å²) in [7, 11) is 0. The van der Waals surface area contributed by atoms with E-state index in [2.05, 4.69) is 30.1 Å². The minimum atomic E-state index is 0.481. The standard InChI is InChI=1S/C13H10N2S/c1-10-4-2-5-11(8-10)16-13-6-3-7-15-12(13)9-14/h2-8H,1H3. The lowest BCUT2D eigenvalue weighted by Crippen LogP contribution is -1.85. The summed E-state index contributed by atoms with van der Waals surface area (Å²) in [5.41, 5.74) is 1.70. The van der Waals surface area contributed by atoms with Crippen molar-refractivity contribution in [1.29, 1.82) is 5.26 Å². The van der Waals surface area contributed by atoms with Crippen molar-refractivity contribution in [2.75, 3.05) is 0 Å². The third-order valence-electron chi connectivity index (χ3n) is 2.09. The first-order valence-electron chi connectivity index (χ1n) is 4.89. The molecule has 0 atom stereocenters. The van der Waals surface area contributed by atoms with Crippen LogP contribution in [0.3, 0.4) is 0 Å². The van der Waals surface area contributed by atoms with Crippen LogP contribution in [0.2, 0.25) is 0 Å². The number of nitrogens with zero attached hydrogens (tertiary/aromatic N) is 2. The van der Waals surface area contributed by atoms with Crippen LogP contribution in [0.5, 0.6) is 0 Å². The molecule has 16 heavy (non-hydrogen) atoms. The van der Waals surface area contributed by atoms with Crippen molar-refractivity contribution in [2.45, 2.75) is 16.7 Å². The van der Waals surface area contributed by atoms with Crippen molar-refractivity contribution in [3.05, 3.63) is 53.9 Å². The van der Waals surface area contributed by atoms with Crippen molar-refractivity contribution < 1.29 is 0 Å². The third kappa shape index (κ3) is 2.41. The zero-order valence-electron chi connectivity index (χ0n) is 8.84. The molecule has 2 nitrogen and oxygen atoms in total. The molecule has 0 amide bonds. The van der Waals surface area contributed by atoms with Gasteiger partial charge in [-0.2, -0.15) is 5.26 Å². The van der Waals surface area contributed by atoms with Gasteiger partial charge in [0.15, 0.2) is 5.69 Å². The van der Waals surface area contributed by atoms with Gasteiger partial charge in [0.2, 0.25) is 0 Å². The van der Waals surface area contributed by atoms with Gasteiger partial charge in [-0.25, -0.2) is 4.98 Å². The summed E-state index contributed by atoms with van der Waals surface area (Å²) >= 11 is 1.57. The van der Waals surface area contributed by atoms with E-state index in [1.165, 1.54) is 5.56 Å². The topological polar surface area (TPSA) is 36.7 Å². The number of benzene rings is 1. The number of rotatable bonds is 2. The molecule has 2 aromatic rings. The maximum Gasteiger partial charge on any atom is 0.154 e. The van der Waals surface area contributed by atoms with E-state index in [1.807, 2.05) is 24.3 Å². The molecule has 0 aliphatic rings. The van der Waals surface area contributed by atoms with E-state index in [-0.39, 0.29) is 0 Å². The molecule has 0 N–H and O–H groups in total. The highest BCUT2D eigenvalue weighted by atomic mass is 32.2. The monoisotopic (exact) mass is 226 g/mol. The zero-order chi connectivity index (χ0) is 11.4. The highest BCUT2D eigenvalue weighted by Gasteiger charge is 2.04. The summed E-state index contributed by atoms with van der Waals surface area (Å²) in [4.78, 5) is 6.06. The third-order valence-corrected chi connectivity index (χ3v) is 3.13. The number of nitriles is 1. The van der Waals surface area contributed by atoms with E-state index in [0.29, 0.717) is 5.69 Å². The summed E-state index contributed by atoms with van der Waals surface area (Å²) in [6.45, 7) is 2.05. The van der Waals surface area contributed by atoms with E-state index in [9.17, 15) is 0 Å². The minimum Gasteiger partial charge on any atom is -0.244 e. The van der Waals surface area contributed by atoms with Gasteiger partial charge in [0.05, 0.1) is 0 Å². The van der Waals surface area contributed by atoms with E-state index >= 15 is 0 Å². The second kappa shape index (κ2) is 4.82. The second-order valence-corrected chi connectivity index (χ2v) is 4.50. The smallest absolute Gasteiger partial charge is 0.154 e. The van der Waals surface area contributed by atoms with Gasteiger partial charge in [-0.1, -0.05) is 29.5 Å². The normalized spacial score (nSPS) is 9.75. The van der Waals surface area contributed by atoms with Crippen LogP contribution in [0.25, 0.3) is 0 Å². The molecule has 0 bridgehead atoms. The number of aromatic nitrogens is 1. The lowest BCUT2D eigenvalue weighted by atomic mass is 10.2. The average Bonchev–Trinajstić information content (AvgIpc) is 2.30. The van der Waals surface area contributed by atoms with Gasteiger partial charge in [-0.3, -0.25) is 0 Å². The molecule has 0 aliphatic carbocycles. The Kier molecular flexibility index (Phi) is 3.23. The van der Waals surface area contributed by atoms with Crippen molar-refractivity contribution in [3.8, 4) is 6.07 Å². The molecule has 1 heterocycles. The van der Waals surface area contributed by atoms with Crippen LogP contribution >= 0.6 is 11.8 Å². The molecule has 0 saturated heterocycles. The summed E-state index contributed by atoms with van der Waals surface area (Å²) in [6.07, 6.45) is 1.64. The van der Waals surface area contributed by atoms with E-state index in [0.717, 1.165) is 9.79 Å². The fraction of sp³-hybridized carbons (Fsp3) is 0.0769. The Morgan fingerprint density at radius 1 is 1.25 bits per heavy atom. The van der Waals surface area contributed by atoms with Crippen LogP contribution in [0, 0.1) is 18.3 Å². The summed E-state index contributed by atoms with van der Waals surface area (Å²) in [6, 6.07) is 14.1. The fourth-order valence-corrected chi connectivity index (χ4v) is 2.35. The first-order chi connectivity index (χ1) is 7.79. The molecule has 0 radical (unpaired) electrons. The van der Waals surface area contributed by atoms with Crippen LogP contribution in [-0.4, -0.2) is 4.98 Å². The summed E-state index contributed by atoms with van der Waals surface area (Å²) < 4.78 is 0.